The maximum Gasteiger partial charge on any atom is 0.408 e. The Bertz CT molecular complexity index is 552. The molecule has 0 aromatic rings. The zero-order valence-corrected chi connectivity index (χ0v) is 14.7. The molecule has 128 valence electrons. The molecule has 0 bridgehead atoms. The van der Waals surface area contributed by atoms with E-state index in [0.717, 1.165) is 11.0 Å². The fourth-order valence-corrected chi connectivity index (χ4v) is 2.26. The first-order valence-corrected chi connectivity index (χ1v) is 7.76. The minimum absolute atomic E-state index is 0.0588. The van der Waals surface area contributed by atoms with Gasteiger partial charge in [0.05, 0.1) is 4.48 Å². The first-order chi connectivity index (χ1) is 10.5. The zero-order valence-electron chi connectivity index (χ0n) is 13.1. The predicted octanol–water partition coefficient (Wildman–Crippen LogP) is 1.39. The van der Waals surface area contributed by atoms with Gasteiger partial charge in [-0.3, -0.25) is 14.5 Å². The molecule has 1 heterocycles. The summed E-state index contributed by atoms with van der Waals surface area (Å²) in [4.78, 5) is 47.0. The number of carbonyl (C=O) groups is 4. The minimum atomic E-state index is -1.21. The summed E-state index contributed by atoms with van der Waals surface area (Å²) in [5, 5.41) is 11.4. The van der Waals surface area contributed by atoms with Crippen molar-refractivity contribution >= 4 is 39.8 Å². The number of carboxylic acid groups (broad SMARTS) is 1. The molecule has 8 nitrogen and oxygen atoms in total. The van der Waals surface area contributed by atoms with Crippen molar-refractivity contribution in [2.24, 2.45) is 0 Å². The molecule has 0 radical (unpaired) electrons. The second kappa shape index (κ2) is 7.58. The molecule has 1 aliphatic rings. The van der Waals surface area contributed by atoms with E-state index in [4.69, 9.17) is 9.84 Å². The van der Waals surface area contributed by atoms with Gasteiger partial charge in [0.1, 0.15) is 11.6 Å². The Hall–Kier alpha value is -1.90. The fourth-order valence-electron chi connectivity index (χ4n) is 1.85. The summed E-state index contributed by atoms with van der Waals surface area (Å²) < 4.78 is 5.17. The van der Waals surface area contributed by atoms with Gasteiger partial charge in [-0.1, -0.05) is 0 Å². The molecule has 1 aliphatic heterocycles. The summed E-state index contributed by atoms with van der Waals surface area (Å²) in [6.07, 6.45) is 0.625. The summed E-state index contributed by atoms with van der Waals surface area (Å²) in [6, 6.07) is -1.16. The highest BCUT2D eigenvalue weighted by molar-refractivity contribution is 9.12. The van der Waals surface area contributed by atoms with Crippen LogP contribution in [0.1, 0.15) is 33.6 Å². The van der Waals surface area contributed by atoms with Gasteiger partial charge in [0.25, 0.3) is 11.8 Å². The highest BCUT2D eigenvalue weighted by atomic mass is 79.9. The second-order valence-corrected chi connectivity index (χ2v) is 6.82. The van der Waals surface area contributed by atoms with E-state index in [1.54, 1.807) is 20.8 Å². The molecule has 0 aromatic heterocycles. The number of nitrogens with one attached hydrogen (secondary N) is 1. The Kier molecular flexibility index (Phi) is 6.31. The van der Waals surface area contributed by atoms with Gasteiger partial charge in [-0.25, -0.2) is 9.59 Å². The Morgan fingerprint density at radius 2 is 2.00 bits per heavy atom. The largest absolute Gasteiger partial charge is 0.480 e. The number of imide groups is 1. The van der Waals surface area contributed by atoms with Crippen LogP contribution in [0.2, 0.25) is 0 Å². The average Bonchev–Trinajstić information content (AvgIpc) is 2.61. The molecule has 0 aliphatic carbocycles. The smallest absolute Gasteiger partial charge is 0.408 e. The molecule has 0 spiro atoms. The number of hydrogen-bond donors (Lipinski definition) is 2. The van der Waals surface area contributed by atoms with Gasteiger partial charge in [0.15, 0.2) is 0 Å². The molecular formula is C14H19BrN2O6. The molecular weight excluding hydrogens is 372 g/mol. The van der Waals surface area contributed by atoms with E-state index >= 15 is 0 Å². The summed E-state index contributed by atoms with van der Waals surface area (Å²) >= 11 is 2.97. The number of nitrogens with zero attached hydrogens (tertiary/aromatic N) is 1. The number of ether oxygens (including phenoxy) is 1. The van der Waals surface area contributed by atoms with Crippen molar-refractivity contribution in [1.82, 2.24) is 10.2 Å². The Labute approximate surface area is 142 Å². The number of halogens is 1. The van der Waals surface area contributed by atoms with E-state index in [9.17, 15) is 19.2 Å². The maximum atomic E-state index is 11.6. The van der Waals surface area contributed by atoms with Gasteiger partial charge in [0.2, 0.25) is 0 Å². The van der Waals surface area contributed by atoms with Crippen LogP contribution in [0, 0.1) is 0 Å². The highest BCUT2D eigenvalue weighted by Gasteiger charge is 2.30. The fraction of sp³-hybridized carbons (Fsp3) is 0.571. The molecule has 1 rings (SSSR count). The Balaban J connectivity index is 2.49. The van der Waals surface area contributed by atoms with Gasteiger partial charge in [-0.05, 0) is 49.5 Å². The number of carboxylic acids is 1. The number of alkyl carbamates (subject to hydrolysis) is 1. The maximum absolute atomic E-state index is 11.6. The molecule has 3 amide bonds. The van der Waals surface area contributed by atoms with E-state index in [1.807, 2.05) is 0 Å². The molecule has 0 saturated heterocycles. The number of aliphatic carboxylic acids is 1. The lowest BCUT2D eigenvalue weighted by Gasteiger charge is -2.22. The van der Waals surface area contributed by atoms with E-state index in [2.05, 4.69) is 21.2 Å². The molecule has 9 heteroatoms. The van der Waals surface area contributed by atoms with Crippen LogP contribution in [0.15, 0.2) is 10.6 Å². The number of hydrogen-bond acceptors (Lipinski definition) is 5. The average molecular weight is 391 g/mol. The van der Waals surface area contributed by atoms with E-state index < -0.39 is 35.5 Å². The van der Waals surface area contributed by atoms with Crippen LogP contribution in [-0.2, 0) is 19.1 Å². The van der Waals surface area contributed by atoms with Crippen LogP contribution in [0.3, 0.4) is 0 Å². The monoisotopic (exact) mass is 390 g/mol. The summed E-state index contributed by atoms with van der Waals surface area (Å²) in [6.45, 7) is 5.07. The third-order valence-corrected chi connectivity index (χ3v) is 3.40. The lowest BCUT2D eigenvalue weighted by molar-refractivity contribution is -0.139. The first-order valence-electron chi connectivity index (χ1n) is 6.96. The Morgan fingerprint density at radius 1 is 1.39 bits per heavy atom. The normalized spacial score (nSPS) is 16.2. The van der Waals surface area contributed by atoms with Gasteiger partial charge < -0.3 is 15.2 Å². The summed E-state index contributed by atoms with van der Waals surface area (Å²) in [7, 11) is 0. The van der Waals surface area contributed by atoms with Gasteiger partial charge in [-0.2, -0.15) is 0 Å². The number of carbonyl (C=O) groups excluding carboxylic acids is 3. The SMILES string of the molecule is CC(C)(C)OC(=O)N[C@@H](CCCN1C(=O)C=C(Br)C1=O)C(=O)O. The standard InChI is InChI=1S/C14H19BrN2O6/c1-14(2,3)23-13(22)16-9(12(20)21)5-4-6-17-10(18)7-8(15)11(17)19/h7,9H,4-6H2,1-3H3,(H,16,22)(H,20,21)/t9-/m0/s1. The lowest BCUT2D eigenvalue weighted by Crippen LogP contribution is -2.44. The highest BCUT2D eigenvalue weighted by Crippen LogP contribution is 2.18. The van der Waals surface area contributed by atoms with Gasteiger partial charge in [0, 0.05) is 12.6 Å². The van der Waals surface area contributed by atoms with Gasteiger partial charge in [-0.15, -0.1) is 0 Å². The number of rotatable bonds is 6. The van der Waals surface area contributed by atoms with Crippen molar-refractivity contribution in [2.45, 2.75) is 45.3 Å². The van der Waals surface area contributed by atoms with Crippen molar-refractivity contribution in [3.63, 3.8) is 0 Å². The quantitative estimate of drug-likeness (QED) is 0.662. The summed E-state index contributed by atoms with van der Waals surface area (Å²) in [5.74, 6) is -2.12. The molecule has 0 unspecified atom stereocenters. The molecule has 1 atom stereocenters. The van der Waals surface area contributed by atoms with Crippen LogP contribution < -0.4 is 5.32 Å². The van der Waals surface area contributed by atoms with E-state index in [0.29, 0.717) is 0 Å². The third kappa shape index (κ3) is 6.01. The van der Waals surface area contributed by atoms with Crippen LogP contribution in [-0.4, -0.2) is 52.1 Å². The van der Waals surface area contributed by atoms with Crippen LogP contribution in [0.4, 0.5) is 4.79 Å². The predicted molar refractivity (Wildman–Crippen MR) is 83.8 cm³/mol. The molecule has 0 aromatic carbocycles. The topological polar surface area (TPSA) is 113 Å². The van der Waals surface area contributed by atoms with E-state index in [1.165, 1.54) is 0 Å². The van der Waals surface area contributed by atoms with Crippen molar-refractivity contribution in [3.05, 3.63) is 10.6 Å². The zero-order chi connectivity index (χ0) is 17.8. The van der Waals surface area contributed by atoms with Crippen molar-refractivity contribution in [3.8, 4) is 0 Å². The summed E-state index contributed by atoms with van der Waals surface area (Å²) in [5.41, 5.74) is -0.737. The second-order valence-electron chi connectivity index (χ2n) is 5.97. The van der Waals surface area contributed by atoms with Crippen molar-refractivity contribution < 1.29 is 29.0 Å². The number of amides is 3. The van der Waals surface area contributed by atoms with Crippen molar-refractivity contribution in [1.29, 1.82) is 0 Å². The van der Waals surface area contributed by atoms with Gasteiger partial charge >= 0.3 is 12.1 Å². The molecule has 23 heavy (non-hydrogen) atoms. The van der Waals surface area contributed by atoms with E-state index in [-0.39, 0.29) is 23.9 Å². The van der Waals surface area contributed by atoms with Crippen LogP contribution in [0.5, 0.6) is 0 Å². The molecule has 0 saturated carbocycles. The van der Waals surface area contributed by atoms with Crippen LogP contribution >= 0.6 is 15.9 Å². The van der Waals surface area contributed by atoms with Crippen molar-refractivity contribution in [2.75, 3.05) is 6.54 Å². The Morgan fingerprint density at radius 3 is 2.43 bits per heavy atom. The molecule has 0 fully saturated rings. The first kappa shape index (κ1) is 19.1. The lowest BCUT2D eigenvalue weighted by atomic mass is 10.1. The minimum Gasteiger partial charge on any atom is -0.480 e. The molecule has 2 N–H and O–H groups in total. The third-order valence-electron chi connectivity index (χ3n) is 2.83. The van der Waals surface area contributed by atoms with Crippen LogP contribution in [0.25, 0.3) is 0 Å².